The van der Waals surface area contributed by atoms with Crippen LogP contribution in [-0.4, -0.2) is 38.0 Å². The van der Waals surface area contributed by atoms with Crippen LogP contribution in [0.4, 0.5) is 5.69 Å². The van der Waals surface area contributed by atoms with Gasteiger partial charge in [-0.25, -0.2) is 0 Å². The van der Waals surface area contributed by atoms with Crippen molar-refractivity contribution in [3.05, 3.63) is 29.8 Å². The van der Waals surface area contributed by atoms with E-state index in [-0.39, 0.29) is 5.91 Å². The molecule has 0 unspecified atom stereocenters. The Morgan fingerprint density at radius 2 is 1.56 bits per heavy atom. The number of carbonyl (C=O) groups is 1. The van der Waals surface area contributed by atoms with E-state index in [1.165, 1.54) is 0 Å². The minimum atomic E-state index is 0.107. The normalized spacial score (nSPS) is 10.0. The van der Waals surface area contributed by atoms with Crippen molar-refractivity contribution in [1.29, 1.82) is 0 Å². The van der Waals surface area contributed by atoms with Crippen molar-refractivity contribution in [2.45, 2.75) is 13.8 Å². The molecule has 0 aromatic heterocycles. The zero-order chi connectivity index (χ0) is 12.1. The lowest BCUT2D eigenvalue weighted by Crippen LogP contribution is -2.30. The van der Waals surface area contributed by atoms with E-state index in [1.807, 2.05) is 62.0 Å². The molecule has 0 saturated carbocycles. The summed E-state index contributed by atoms with van der Waals surface area (Å²) in [5, 5.41) is 0. The predicted octanol–water partition coefficient (Wildman–Crippen LogP) is 2.23. The van der Waals surface area contributed by atoms with E-state index in [4.69, 9.17) is 0 Å². The van der Waals surface area contributed by atoms with Crippen molar-refractivity contribution in [2.24, 2.45) is 0 Å². The molecule has 3 nitrogen and oxygen atoms in total. The van der Waals surface area contributed by atoms with Crippen LogP contribution in [0.2, 0.25) is 0 Å². The van der Waals surface area contributed by atoms with Gasteiger partial charge in [0, 0.05) is 38.4 Å². The van der Waals surface area contributed by atoms with Gasteiger partial charge in [0.2, 0.25) is 0 Å². The molecule has 0 fully saturated rings. The molecule has 0 saturated heterocycles. The van der Waals surface area contributed by atoms with Gasteiger partial charge in [0.05, 0.1) is 0 Å². The standard InChI is InChI=1S/C13H20N2O/c1-5-15(6-2)13(16)11-7-9-12(10-8-11)14(3)4/h7-10H,5-6H2,1-4H3. The molecule has 1 aromatic carbocycles. The van der Waals surface area contributed by atoms with Gasteiger partial charge in [-0.1, -0.05) is 0 Å². The molecular weight excluding hydrogens is 200 g/mol. The van der Waals surface area contributed by atoms with Crippen LogP contribution in [0.15, 0.2) is 24.3 Å². The summed E-state index contributed by atoms with van der Waals surface area (Å²) in [5.74, 6) is 0.107. The number of carbonyl (C=O) groups excluding carboxylic acids is 1. The third kappa shape index (κ3) is 2.75. The summed E-state index contributed by atoms with van der Waals surface area (Å²) in [5.41, 5.74) is 1.87. The average molecular weight is 220 g/mol. The van der Waals surface area contributed by atoms with E-state index in [2.05, 4.69) is 0 Å². The second-order valence-corrected chi connectivity index (χ2v) is 3.92. The van der Waals surface area contributed by atoms with Gasteiger partial charge in [0.15, 0.2) is 0 Å². The first-order chi connectivity index (χ1) is 7.60. The Kier molecular flexibility index (Phi) is 4.35. The van der Waals surface area contributed by atoms with Crippen LogP contribution in [0.3, 0.4) is 0 Å². The van der Waals surface area contributed by atoms with Gasteiger partial charge in [-0.3, -0.25) is 4.79 Å². The lowest BCUT2D eigenvalue weighted by atomic mass is 10.1. The Morgan fingerprint density at radius 1 is 1.06 bits per heavy atom. The zero-order valence-corrected chi connectivity index (χ0v) is 10.5. The first kappa shape index (κ1) is 12.6. The maximum atomic E-state index is 12.0. The minimum Gasteiger partial charge on any atom is -0.378 e. The predicted molar refractivity (Wildman–Crippen MR) is 68.0 cm³/mol. The van der Waals surface area contributed by atoms with Crippen LogP contribution in [0.25, 0.3) is 0 Å². The van der Waals surface area contributed by atoms with E-state index in [0.29, 0.717) is 0 Å². The summed E-state index contributed by atoms with van der Waals surface area (Å²) in [4.78, 5) is 15.8. The lowest BCUT2D eigenvalue weighted by molar-refractivity contribution is 0.0773. The Balaban J connectivity index is 2.85. The Hall–Kier alpha value is -1.51. The van der Waals surface area contributed by atoms with Gasteiger partial charge in [0.25, 0.3) is 5.91 Å². The third-order valence-corrected chi connectivity index (χ3v) is 2.68. The van der Waals surface area contributed by atoms with Crippen LogP contribution in [0.1, 0.15) is 24.2 Å². The van der Waals surface area contributed by atoms with E-state index >= 15 is 0 Å². The van der Waals surface area contributed by atoms with Gasteiger partial charge in [-0.05, 0) is 38.1 Å². The second-order valence-electron chi connectivity index (χ2n) is 3.92. The van der Waals surface area contributed by atoms with Crippen molar-refractivity contribution in [3.63, 3.8) is 0 Å². The largest absolute Gasteiger partial charge is 0.378 e. The summed E-state index contributed by atoms with van der Waals surface area (Å²) in [6.45, 7) is 5.50. The Morgan fingerprint density at radius 3 is 1.94 bits per heavy atom. The van der Waals surface area contributed by atoms with Crippen molar-refractivity contribution in [3.8, 4) is 0 Å². The van der Waals surface area contributed by atoms with Gasteiger partial charge < -0.3 is 9.80 Å². The molecule has 16 heavy (non-hydrogen) atoms. The van der Waals surface area contributed by atoms with Crippen molar-refractivity contribution in [1.82, 2.24) is 4.90 Å². The van der Waals surface area contributed by atoms with Crippen molar-refractivity contribution < 1.29 is 4.79 Å². The van der Waals surface area contributed by atoms with Crippen LogP contribution in [0.5, 0.6) is 0 Å². The van der Waals surface area contributed by atoms with Gasteiger partial charge in [-0.2, -0.15) is 0 Å². The van der Waals surface area contributed by atoms with E-state index in [1.54, 1.807) is 0 Å². The van der Waals surface area contributed by atoms with Gasteiger partial charge in [-0.15, -0.1) is 0 Å². The van der Waals surface area contributed by atoms with Crippen LogP contribution in [-0.2, 0) is 0 Å². The van der Waals surface area contributed by atoms with E-state index in [9.17, 15) is 4.79 Å². The highest BCUT2D eigenvalue weighted by atomic mass is 16.2. The molecule has 0 atom stereocenters. The molecule has 0 aliphatic carbocycles. The third-order valence-electron chi connectivity index (χ3n) is 2.68. The quantitative estimate of drug-likeness (QED) is 0.777. The summed E-state index contributed by atoms with van der Waals surface area (Å²) < 4.78 is 0. The maximum Gasteiger partial charge on any atom is 0.253 e. The molecule has 0 heterocycles. The maximum absolute atomic E-state index is 12.0. The molecule has 3 heteroatoms. The summed E-state index contributed by atoms with van der Waals surface area (Å²) >= 11 is 0. The molecule has 1 rings (SSSR count). The zero-order valence-electron chi connectivity index (χ0n) is 10.5. The number of hydrogen-bond acceptors (Lipinski definition) is 2. The summed E-state index contributed by atoms with van der Waals surface area (Å²) in [6.07, 6.45) is 0. The van der Waals surface area contributed by atoms with Crippen LogP contribution < -0.4 is 4.90 Å². The highest BCUT2D eigenvalue weighted by molar-refractivity contribution is 5.94. The SMILES string of the molecule is CCN(CC)C(=O)c1ccc(N(C)C)cc1. The molecule has 0 aliphatic heterocycles. The average Bonchev–Trinajstić information content (AvgIpc) is 2.30. The molecule has 0 radical (unpaired) electrons. The number of benzene rings is 1. The monoisotopic (exact) mass is 220 g/mol. The van der Waals surface area contributed by atoms with Crippen molar-refractivity contribution in [2.75, 3.05) is 32.1 Å². The second kappa shape index (κ2) is 5.54. The molecule has 0 spiro atoms. The Labute approximate surface area is 97.7 Å². The fraction of sp³-hybridized carbons (Fsp3) is 0.462. The molecule has 1 amide bonds. The molecule has 1 aromatic rings. The van der Waals surface area contributed by atoms with Crippen molar-refractivity contribution >= 4 is 11.6 Å². The van der Waals surface area contributed by atoms with E-state index < -0.39 is 0 Å². The van der Waals surface area contributed by atoms with Crippen LogP contribution in [0, 0.1) is 0 Å². The fourth-order valence-electron chi connectivity index (χ4n) is 1.60. The topological polar surface area (TPSA) is 23.6 Å². The number of hydrogen-bond donors (Lipinski definition) is 0. The van der Waals surface area contributed by atoms with Crippen LogP contribution >= 0.6 is 0 Å². The first-order valence-electron chi connectivity index (χ1n) is 5.66. The summed E-state index contributed by atoms with van der Waals surface area (Å²) in [7, 11) is 3.97. The number of nitrogens with zero attached hydrogens (tertiary/aromatic N) is 2. The smallest absolute Gasteiger partial charge is 0.253 e. The molecule has 88 valence electrons. The summed E-state index contributed by atoms with van der Waals surface area (Å²) in [6, 6.07) is 7.71. The van der Waals surface area contributed by atoms with Gasteiger partial charge >= 0.3 is 0 Å². The Bertz CT molecular complexity index is 339. The van der Waals surface area contributed by atoms with E-state index in [0.717, 1.165) is 24.3 Å². The lowest BCUT2D eigenvalue weighted by Gasteiger charge is -2.19. The molecule has 0 aliphatic rings. The molecular formula is C13H20N2O. The molecule has 0 bridgehead atoms. The fourth-order valence-corrected chi connectivity index (χ4v) is 1.60. The number of amides is 1. The highest BCUT2D eigenvalue weighted by Crippen LogP contribution is 2.13. The number of anilines is 1. The first-order valence-corrected chi connectivity index (χ1v) is 5.66. The molecule has 0 N–H and O–H groups in total. The number of rotatable bonds is 4. The highest BCUT2D eigenvalue weighted by Gasteiger charge is 2.11. The van der Waals surface area contributed by atoms with Gasteiger partial charge in [0.1, 0.15) is 0 Å². The minimum absolute atomic E-state index is 0.107.